The van der Waals surface area contributed by atoms with Crippen LogP contribution >= 0.6 is 0 Å². The summed E-state index contributed by atoms with van der Waals surface area (Å²) < 4.78 is 75.9. The van der Waals surface area contributed by atoms with Gasteiger partial charge in [0.1, 0.15) is 42.7 Å². The molecule has 3 aromatic heterocycles. The first-order valence-electron chi connectivity index (χ1n) is 30.9. The number of ether oxygens (including phenoxy) is 6. The van der Waals surface area contributed by atoms with E-state index in [1.165, 1.54) is 39.8 Å². The van der Waals surface area contributed by atoms with Crippen LogP contribution in [0.5, 0.6) is 34.9 Å². The van der Waals surface area contributed by atoms with Crippen molar-refractivity contribution in [1.82, 2.24) is 30.9 Å². The van der Waals surface area contributed by atoms with Crippen LogP contribution in [0.2, 0.25) is 0 Å². The fraction of sp³-hybridized carbons (Fsp3) is 0.443. The Bertz CT molecular complexity index is 3770. The van der Waals surface area contributed by atoms with Crippen LogP contribution in [0.4, 0.5) is 13.2 Å². The monoisotopic (exact) mass is 1330 g/mol. The first-order chi connectivity index (χ1) is 45.2. The average molecular weight is 1330 g/mol. The molecule has 9 rings (SSSR count). The van der Waals surface area contributed by atoms with E-state index < -0.39 is 101 Å². The lowest BCUT2D eigenvalue weighted by Gasteiger charge is -2.19. The van der Waals surface area contributed by atoms with Crippen LogP contribution in [0.3, 0.4) is 0 Å². The standard InChI is InChI=1S/C24H28FN3O4.C23H27FN4O4.C23H26FN3O5/c1-6-14-18(28-22(30)20(14)25)12-32-23-16-10-19(31-5)17(21(26)29)9-15(16)13(11-27-23)7-8-24(2,3)4;1-5-13-17(28-21(30)19(13)24)11-32-22-15-9-18(31-4)16(20(25)29)8-14(15)12(10-27-22)6-7-23(2,3)26;1-5-13-17(27-21(29)19(13)24)11-32-22-15-9-18(31-4)16(20(25)28)8-14(15)12(10-26-22)6-7-23(2,3)30/h9-11,14,18,20H,6,12H2,1-5H3,(H2,26,29)(H,28,30);8-10,13,17,19H,5,11,26H2,1-4H3,(H2,25,29)(H,28,30);8-10,13,17,19,30H,5,11H2,1-4H3,(H2,25,28)(H,27,29)/t14-,18+,20-;2*13-,17+,19-/m000/s1. The molecule has 510 valence electrons. The summed E-state index contributed by atoms with van der Waals surface area (Å²) in [6.45, 7) is 18.2. The van der Waals surface area contributed by atoms with Crippen molar-refractivity contribution < 1.29 is 75.5 Å². The first kappa shape index (κ1) is 73.3. The molecule has 3 aromatic carbocycles. The number of hydrogen-bond donors (Lipinski definition) is 8. The third-order valence-corrected chi connectivity index (χ3v) is 15.9. The zero-order valence-electron chi connectivity index (χ0n) is 55.8. The summed E-state index contributed by atoms with van der Waals surface area (Å²) >= 11 is 0. The first-order valence-corrected chi connectivity index (χ1v) is 30.9. The summed E-state index contributed by atoms with van der Waals surface area (Å²) in [6.07, 6.45) is 1.31. The van der Waals surface area contributed by atoms with Crippen molar-refractivity contribution in [2.75, 3.05) is 41.2 Å². The fourth-order valence-electron chi connectivity index (χ4n) is 10.9. The number of carbonyl (C=O) groups is 6. The molecule has 9 atom stereocenters. The average Bonchev–Trinajstić information content (AvgIpc) is 1.18. The molecule has 23 nitrogen and oxygen atoms in total. The lowest BCUT2D eigenvalue weighted by Crippen LogP contribution is -2.34. The van der Waals surface area contributed by atoms with Crippen molar-refractivity contribution in [2.45, 2.75) is 136 Å². The molecule has 0 aliphatic carbocycles. The van der Waals surface area contributed by atoms with Gasteiger partial charge in [-0.05, 0) is 104 Å². The van der Waals surface area contributed by atoms with Crippen molar-refractivity contribution in [3.63, 3.8) is 0 Å². The highest BCUT2D eigenvalue weighted by atomic mass is 19.1. The molecular formula is C70H81F3N10O13. The molecule has 6 amide bonds. The highest BCUT2D eigenvalue weighted by molar-refractivity contribution is 6.05. The number of benzene rings is 3. The van der Waals surface area contributed by atoms with Gasteiger partial charge < -0.3 is 72.4 Å². The third kappa shape index (κ3) is 17.4. The van der Waals surface area contributed by atoms with Gasteiger partial charge in [-0.2, -0.15) is 0 Å². The lowest BCUT2D eigenvalue weighted by atomic mass is 9.96. The normalized spacial score (nSPS) is 20.4. The zero-order valence-corrected chi connectivity index (χ0v) is 55.8. The molecular weight excluding hydrogens is 1250 g/mol. The number of hydrogen-bond acceptors (Lipinski definition) is 17. The molecule has 0 bridgehead atoms. The number of amides is 6. The van der Waals surface area contributed by atoms with Crippen LogP contribution in [-0.2, 0) is 14.4 Å². The Morgan fingerprint density at radius 3 is 1.01 bits per heavy atom. The minimum absolute atomic E-state index is 0.0152. The second-order valence-corrected chi connectivity index (χ2v) is 25.3. The Balaban J connectivity index is 0.000000203. The number of nitrogens with zero attached hydrogens (tertiary/aromatic N) is 3. The number of aromatic nitrogens is 3. The fourth-order valence-corrected chi connectivity index (χ4v) is 10.9. The van der Waals surface area contributed by atoms with E-state index in [1.54, 1.807) is 64.2 Å². The molecule has 3 fully saturated rings. The summed E-state index contributed by atoms with van der Waals surface area (Å²) in [4.78, 5) is 84.0. The second kappa shape index (κ2) is 30.5. The van der Waals surface area contributed by atoms with Gasteiger partial charge in [-0.15, -0.1) is 0 Å². The maximum atomic E-state index is 14.1. The van der Waals surface area contributed by atoms with Crippen molar-refractivity contribution >= 4 is 67.8 Å². The maximum absolute atomic E-state index is 14.1. The van der Waals surface area contributed by atoms with E-state index in [0.717, 1.165) is 0 Å². The van der Waals surface area contributed by atoms with Gasteiger partial charge in [0.25, 0.3) is 35.4 Å². The largest absolute Gasteiger partial charge is 0.496 e. The Morgan fingerprint density at radius 2 is 0.771 bits per heavy atom. The zero-order chi connectivity index (χ0) is 70.9. The number of methoxy groups -OCH3 is 3. The number of nitrogens with one attached hydrogen (secondary N) is 3. The third-order valence-electron chi connectivity index (χ3n) is 15.9. The number of primary amides is 3. The summed E-state index contributed by atoms with van der Waals surface area (Å²) in [6, 6.07) is 8.06. The quantitative estimate of drug-likeness (QED) is 0.0434. The molecule has 3 aliphatic rings. The number of fused-ring (bicyclic) bond motifs is 3. The van der Waals surface area contributed by atoms with E-state index in [-0.39, 0.29) is 76.8 Å². The molecule has 12 N–H and O–H groups in total. The smallest absolute Gasteiger partial charge is 0.255 e. The van der Waals surface area contributed by atoms with E-state index in [1.807, 2.05) is 41.5 Å². The van der Waals surface area contributed by atoms with Crippen molar-refractivity contribution in [1.29, 1.82) is 0 Å². The van der Waals surface area contributed by atoms with Gasteiger partial charge in [-0.3, -0.25) is 28.8 Å². The number of alkyl halides is 3. The molecule has 26 heteroatoms. The number of halogens is 3. The van der Waals surface area contributed by atoms with Crippen LogP contribution < -0.4 is 67.3 Å². The molecule has 96 heavy (non-hydrogen) atoms. The van der Waals surface area contributed by atoms with E-state index in [0.29, 0.717) is 68.3 Å². The van der Waals surface area contributed by atoms with Crippen LogP contribution in [0.25, 0.3) is 32.3 Å². The van der Waals surface area contributed by atoms with Crippen LogP contribution in [-0.4, -0.2) is 144 Å². The summed E-state index contributed by atoms with van der Waals surface area (Å²) in [5.41, 5.74) is 22.4. The molecule has 3 aliphatic heterocycles. The number of pyridine rings is 3. The molecule has 0 unspecified atom stereocenters. The minimum Gasteiger partial charge on any atom is -0.496 e. The Hall–Kier alpha value is -10.1. The number of nitrogens with two attached hydrogens (primary N) is 4. The Morgan fingerprint density at radius 1 is 0.490 bits per heavy atom. The molecule has 0 spiro atoms. The minimum atomic E-state index is -1.57. The van der Waals surface area contributed by atoms with E-state index in [4.69, 9.17) is 51.4 Å². The Labute approximate surface area is 554 Å². The SMILES string of the molecule is CC[C@@H]1[C@H](F)C(=O)N[C@@H]1COc1ncc(C#CC(C)(C)C)c2cc(C(N)=O)c(OC)cc12.CC[C@@H]1[C@H](F)C(=O)N[C@@H]1COc1ncc(C#CC(C)(C)N)c2cc(C(N)=O)c(OC)cc12.CC[C@@H]1[C@H](F)C(=O)N[C@@H]1COc1ncc(C#CC(C)(C)O)c2cc(C(N)=O)c(OC)cc12. The van der Waals surface area contributed by atoms with E-state index in [9.17, 15) is 47.0 Å². The van der Waals surface area contributed by atoms with Gasteiger partial charge in [0.2, 0.25) is 17.6 Å². The van der Waals surface area contributed by atoms with Gasteiger partial charge >= 0.3 is 0 Å². The number of aliphatic hydroxyl groups is 1. The molecule has 6 heterocycles. The van der Waals surface area contributed by atoms with E-state index in [2.05, 4.69) is 66.4 Å². The molecule has 6 aromatic rings. The molecule has 0 saturated carbocycles. The predicted molar refractivity (Wildman–Crippen MR) is 353 cm³/mol. The molecule has 3 saturated heterocycles. The van der Waals surface area contributed by atoms with Gasteiger partial charge in [0, 0.05) is 74.1 Å². The van der Waals surface area contributed by atoms with Crippen LogP contribution in [0.1, 0.15) is 136 Å². The van der Waals surface area contributed by atoms with Gasteiger partial charge in [0.15, 0.2) is 18.5 Å². The van der Waals surface area contributed by atoms with Crippen molar-refractivity contribution in [3.8, 4) is 70.4 Å². The highest BCUT2D eigenvalue weighted by Crippen LogP contribution is 2.38. The Kier molecular flexibility index (Phi) is 23.3. The maximum Gasteiger partial charge on any atom is 0.255 e. The van der Waals surface area contributed by atoms with Crippen molar-refractivity contribution in [2.24, 2.45) is 46.1 Å². The number of rotatable bonds is 18. The molecule has 0 radical (unpaired) electrons. The van der Waals surface area contributed by atoms with Crippen LogP contribution in [0.15, 0.2) is 55.0 Å². The number of carbonyl (C=O) groups excluding carboxylic acids is 6. The van der Waals surface area contributed by atoms with Crippen molar-refractivity contribution in [3.05, 3.63) is 88.4 Å². The van der Waals surface area contributed by atoms with Gasteiger partial charge in [0.05, 0.1) is 78.4 Å². The highest BCUT2D eigenvalue weighted by Gasteiger charge is 2.44. The summed E-state index contributed by atoms with van der Waals surface area (Å²) in [7, 11) is 4.26. The van der Waals surface area contributed by atoms with Gasteiger partial charge in [-0.1, -0.05) is 56.3 Å². The summed E-state index contributed by atoms with van der Waals surface area (Å²) in [5, 5.41) is 21.2. The van der Waals surface area contributed by atoms with Gasteiger partial charge in [-0.25, -0.2) is 28.1 Å². The van der Waals surface area contributed by atoms with E-state index >= 15 is 0 Å². The predicted octanol–water partition coefficient (Wildman–Crippen LogP) is 6.36. The summed E-state index contributed by atoms with van der Waals surface area (Å²) in [5.74, 6) is 13.9. The second-order valence-electron chi connectivity index (χ2n) is 25.3. The topological polar surface area (TPSA) is 357 Å². The van der Waals surface area contributed by atoms with Crippen LogP contribution in [0, 0.1) is 58.7 Å². The lowest BCUT2D eigenvalue weighted by molar-refractivity contribution is -0.124.